The monoisotopic (exact) mass is 541 g/mol. The van der Waals surface area contributed by atoms with Crippen LogP contribution in [0.2, 0.25) is 5.02 Å². The first kappa shape index (κ1) is 26.1. The molecule has 4 aromatic rings. The lowest BCUT2D eigenvalue weighted by molar-refractivity contribution is 0.0698. The molecule has 0 bridgehead atoms. The first-order valence-corrected chi connectivity index (χ1v) is 13.1. The number of fused-ring (bicyclic) bond motifs is 1. The summed E-state index contributed by atoms with van der Waals surface area (Å²) < 4.78 is 27.9. The number of nitrogens with zero attached hydrogens (tertiary/aromatic N) is 3. The van der Waals surface area contributed by atoms with Gasteiger partial charge in [-0.1, -0.05) is 35.9 Å². The van der Waals surface area contributed by atoms with Gasteiger partial charge in [-0.25, -0.2) is 8.42 Å². The Labute approximate surface area is 222 Å². The minimum Gasteiger partial charge on any atom is -0.336 e. The summed E-state index contributed by atoms with van der Waals surface area (Å²) in [7, 11) is -3.66. The zero-order chi connectivity index (χ0) is 24.6. The summed E-state index contributed by atoms with van der Waals surface area (Å²) >= 11 is 6.03. The third kappa shape index (κ3) is 5.11. The summed E-state index contributed by atoms with van der Waals surface area (Å²) in [5.74, 6) is -0.0948. The number of aryl methyl sites for hydroxylation is 1. The van der Waals surface area contributed by atoms with Gasteiger partial charge in [-0.3, -0.25) is 9.78 Å². The summed E-state index contributed by atoms with van der Waals surface area (Å²) in [5, 5.41) is 2.31. The Bertz CT molecular complexity index is 1520. The molecule has 0 N–H and O–H groups in total. The molecular formula is C27H25Cl2N3O3S. The molecule has 9 heteroatoms. The van der Waals surface area contributed by atoms with Crippen LogP contribution in [0.15, 0.2) is 84.0 Å². The van der Waals surface area contributed by atoms with Gasteiger partial charge in [0.15, 0.2) is 0 Å². The zero-order valence-electron chi connectivity index (χ0n) is 19.6. The zero-order valence-corrected chi connectivity index (χ0v) is 22.0. The Balaban J connectivity index is 0.00000304. The standard InChI is InChI=1S/C27H24ClN3O3S.ClH/c1-19-18-29-11-10-26(19)20-2-4-21(5-3-20)27(32)30-12-14-31(15-13-30)35(33,34)25-9-7-22-16-24(28)8-6-23(22)17-25;/h2-11,16-18H,12-15H2,1H3;1H. The predicted octanol–water partition coefficient (Wildman–Crippen LogP) is 5.43. The molecule has 0 aliphatic carbocycles. The van der Waals surface area contributed by atoms with Crippen LogP contribution >= 0.6 is 24.0 Å². The van der Waals surface area contributed by atoms with E-state index in [2.05, 4.69) is 4.98 Å². The molecule has 1 aromatic heterocycles. The number of hydrogen-bond donors (Lipinski definition) is 0. The number of sulfonamides is 1. The summed E-state index contributed by atoms with van der Waals surface area (Å²) in [6.07, 6.45) is 3.57. The number of carbonyl (C=O) groups is 1. The van der Waals surface area contributed by atoms with E-state index in [0.29, 0.717) is 23.7 Å². The van der Waals surface area contributed by atoms with E-state index in [1.807, 2.05) is 55.6 Å². The van der Waals surface area contributed by atoms with Crippen molar-refractivity contribution in [2.75, 3.05) is 26.2 Å². The van der Waals surface area contributed by atoms with Gasteiger partial charge in [-0.2, -0.15) is 4.31 Å². The molecule has 3 aromatic carbocycles. The summed E-state index contributed by atoms with van der Waals surface area (Å²) in [6.45, 7) is 3.18. The van der Waals surface area contributed by atoms with E-state index < -0.39 is 10.0 Å². The van der Waals surface area contributed by atoms with E-state index in [4.69, 9.17) is 11.6 Å². The minimum atomic E-state index is -3.66. The van der Waals surface area contributed by atoms with E-state index in [1.165, 1.54) is 4.31 Å². The highest BCUT2D eigenvalue weighted by atomic mass is 35.5. The molecule has 2 heterocycles. The van der Waals surface area contributed by atoms with Gasteiger partial charge in [0.25, 0.3) is 5.91 Å². The van der Waals surface area contributed by atoms with E-state index >= 15 is 0 Å². The second kappa shape index (κ2) is 10.6. The highest BCUT2D eigenvalue weighted by Crippen LogP contribution is 2.26. The summed E-state index contributed by atoms with van der Waals surface area (Å²) in [4.78, 5) is 19.1. The van der Waals surface area contributed by atoms with E-state index in [0.717, 1.165) is 27.5 Å². The van der Waals surface area contributed by atoms with E-state index in [9.17, 15) is 13.2 Å². The molecule has 186 valence electrons. The Morgan fingerprint density at radius 2 is 1.56 bits per heavy atom. The Hall–Kier alpha value is -2.97. The van der Waals surface area contributed by atoms with Gasteiger partial charge in [0.1, 0.15) is 0 Å². The Kier molecular flexibility index (Phi) is 7.66. The lowest BCUT2D eigenvalue weighted by atomic mass is 10.0. The minimum absolute atomic E-state index is 0. The van der Waals surface area contributed by atoms with Gasteiger partial charge in [-0.15, -0.1) is 12.4 Å². The van der Waals surface area contributed by atoms with Crippen molar-refractivity contribution in [2.24, 2.45) is 0 Å². The number of benzene rings is 3. The Morgan fingerprint density at radius 1 is 0.889 bits per heavy atom. The number of amides is 1. The van der Waals surface area contributed by atoms with Crippen LogP contribution in [0.3, 0.4) is 0 Å². The molecular weight excluding hydrogens is 517 g/mol. The van der Waals surface area contributed by atoms with Crippen LogP contribution in [0.4, 0.5) is 0 Å². The molecule has 1 aliphatic heterocycles. The average molecular weight is 542 g/mol. The predicted molar refractivity (Wildman–Crippen MR) is 145 cm³/mol. The summed E-state index contributed by atoms with van der Waals surface area (Å²) in [6, 6.07) is 19.9. The first-order valence-electron chi connectivity index (χ1n) is 11.3. The average Bonchev–Trinajstić information content (AvgIpc) is 2.88. The van der Waals surface area contributed by atoms with Gasteiger partial charge < -0.3 is 4.90 Å². The third-order valence-corrected chi connectivity index (χ3v) is 8.53. The van der Waals surface area contributed by atoms with Crippen molar-refractivity contribution in [1.82, 2.24) is 14.2 Å². The van der Waals surface area contributed by atoms with Crippen LogP contribution in [0.1, 0.15) is 15.9 Å². The number of carbonyl (C=O) groups excluding carboxylic acids is 1. The SMILES string of the molecule is Cc1cnccc1-c1ccc(C(=O)N2CCN(S(=O)(=O)c3ccc4cc(Cl)ccc4c3)CC2)cc1.Cl. The van der Waals surface area contributed by atoms with Gasteiger partial charge >= 0.3 is 0 Å². The quantitative estimate of drug-likeness (QED) is 0.345. The molecule has 0 atom stereocenters. The third-order valence-electron chi connectivity index (χ3n) is 6.40. The molecule has 0 saturated carbocycles. The van der Waals surface area contributed by atoms with Crippen LogP contribution in [-0.4, -0.2) is 54.7 Å². The number of rotatable bonds is 4. The number of hydrogen-bond acceptors (Lipinski definition) is 4. The number of aromatic nitrogens is 1. The molecule has 5 rings (SSSR count). The van der Waals surface area contributed by atoms with Crippen LogP contribution < -0.4 is 0 Å². The van der Waals surface area contributed by atoms with Crippen molar-refractivity contribution in [3.05, 3.63) is 95.3 Å². The highest BCUT2D eigenvalue weighted by molar-refractivity contribution is 7.89. The normalized spacial score (nSPS) is 14.4. The molecule has 0 unspecified atom stereocenters. The molecule has 6 nitrogen and oxygen atoms in total. The number of piperazine rings is 1. The molecule has 0 spiro atoms. The van der Waals surface area contributed by atoms with Gasteiger partial charge in [0.05, 0.1) is 4.90 Å². The van der Waals surface area contributed by atoms with Crippen molar-refractivity contribution in [1.29, 1.82) is 0 Å². The number of halogens is 2. The topological polar surface area (TPSA) is 70.6 Å². The first-order chi connectivity index (χ1) is 16.8. The highest BCUT2D eigenvalue weighted by Gasteiger charge is 2.30. The molecule has 1 amide bonds. The maximum atomic E-state index is 13.2. The fourth-order valence-corrected chi connectivity index (χ4v) is 6.05. The van der Waals surface area contributed by atoms with Gasteiger partial charge in [0, 0.05) is 49.2 Å². The van der Waals surface area contributed by atoms with Crippen molar-refractivity contribution in [3.63, 3.8) is 0 Å². The van der Waals surface area contributed by atoms with Crippen LogP contribution in [-0.2, 0) is 10.0 Å². The lowest BCUT2D eigenvalue weighted by Crippen LogP contribution is -2.50. The smallest absolute Gasteiger partial charge is 0.253 e. The van der Waals surface area contributed by atoms with Crippen molar-refractivity contribution < 1.29 is 13.2 Å². The van der Waals surface area contributed by atoms with Crippen molar-refractivity contribution >= 4 is 50.7 Å². The van der Waals surface area contributed by atoms with Crippen LogP contribution in [0, 0.1) is 6.92 Å². The van der Waals surface area contributed by atoms with Gasteiger partial charge in [-0.05, 0) is 76.9 Å². The molecule has 0 radical (unpaired) electrons. The Morgan fingerprint density at radius 3 is 2.25 bits per heavy atom. The fourth-order valence-electron chi connectivity index (χ4n) is 4.41. The van der Waals surface area contributed by atoms with Gasteiger partial charge in [0.2, 0.25) is 10.0 Å². The maximum Gasteiger partial charge on any atom is 0.253 e. The second-order valence-corrected chi connectivity index (χ2v) is 11.0. The van der Waals surface area contributed by atoms with Crippen LogP contribution in [0.25, 0.3) is 21.9 Å². The lowest BCUT2D eigenvalue weighted by Gasteiger charge is -2.34. The molecule has 1 fully saturated rings. The van der Waals surface area contributed by atoms with Crippen molar-refractivity contribution in [2.45, 2.75) is 11.8 Å². The second-order valence-electron chi connectivity index (χ2n) is 8.62. The number of pyridine rings is 1. The van der Waals surface area contributed by atoms with E-state index in [-0.39, 0.29) is 36.3 Å². The summed E-state index contributed by atoms with van der Waals surface area (Å²) in [5.41, 5.74) is 3.76. The van der Waals surface area contributed by atoms with E-state index in [1.54, 1.807) is 35.4 Å². The maximum absolute atomic E-state index is 13.2. The molecule has 1 aliphatic rings. The fraction of sp³-hybridized carbons (Fsp3) is 0.185. The molecule has 1 saturated heterocycles. The largest absolute Gasteiger partial charge is 0.336 e. The molecule has 36 heavy (non-hydrogen) atoms. The van der Waals surface area contributed by atoms with Crippen molar-refractivity contribution in [3.8, 4) is 11.1 Å². The van der Waals surface area contributed by atoms with Crippen LogP contribution in [0.5, 0.6) is 0 Å².